The molecular formula is C16H25NO6S2. The summed E-state index contributed by atoms with van der Waals surface area (Å²) in [6.07, 6.45) is -0.623. The van der Waals surface area contributed by atoms with Crippen molar-refractivity contribution < 1.29 is 28.2 Å². The summed E-state index contributed by atoms with van der Waals surface area (Å²) >= 11 is 1.21. The standard InChI is InChI=1S/C16H25NO6S2/c1-11(18)10-24-16(2,3)14(15(19)20)17(4)25(21,22)13-8-6-12(23-5)7-9-13/h6-9,11,14,18H,10H2,1-5H3,(H,19,20)/t11?,14-/m0/s1. The highest BCUT2D eigenvalue weighted by Gasteiger charge is 2.44. The third kappa shape index (κ3) is 5.34. The Hall–Kier alpha value is -1.29. The molecule has 0 heterocycles. The van der Waals surface area contributed by atoms with Gasteiger partial charge in [-0.05, 0) is 45.0 Å². The molecule has 1 rings (SSSR count). The number of likely N-dealkylation sites (N-methyl/N-ethyl adjacent to an activating group) is 1. The van der Waals surface area contributed by atoms with Crippen molar-refractivity contribution in [1.82, 2.24) is 4.31 Å². The highest BCUT2D eigenvalue weighted by molar-refractivity contribution is 8.00. The Morgan fingerprint density at radius 1 is 1.32 bits per heavy atom. The fourth-order valence-electron chi connectivity index (χ4n) is 2.36. The zero-order chi connectivity index (χ0) is 19.4. The Balaban J connectivity index is 3.19. The molecule has 142 valence electrons. The predicted molar refractivity (Wildman–Crippen MR) is 97.6 cm³/mol. The molecule has 0 aromatic heterocycles. The number of sulfonamides is 1. The first-order valence-electron chi connectivity index (χ1n) is 7.60. The number of hydrogen-bond donors (Lipinski definition) is 2. The van der Waals surface area contributed by atoms with Crippen molar-refractivity contribution >= 4 is 27.8 Å². The molecule has 25 heavy (non-hydrogen) atoms. The molecule has 1 aromatic carbocycles. The molecule has 0 saturated carbocycles. The number of aliphatic carboxylic acids is 1. The van der Waals surface area contributed by atoms with Gasteiger partial charge in [0.25, 0.3) is 0 Å². The van der Waals surface area contributed by atoms with E-state index < -0.39 is 32.9 Å². The van der Waals surface area contributed by atoms with Crippen LogP contribution < -0.4 is 4.74 Å². The molecule has 1 aromatic rings. The molecule has 0 bridgehead atoms. The second kappa shape index (κ2) is 8.39. The Labute approximate surface area is 153 Å². The summed E-state index contributed by atoms with van der Waals surface area (Å²) in [5, 5.41) is 19.1. The molecule has 0 amide bonds. The second-order valence-corrected chi connectivity index (χ2v) is 9.87. The van der Waals surface area contributed by atoms with Crippen molar-refractivity contribution in [2.75, 3.05) is 19.9 Å². The molecule has 0 aliphatic heterocycles. The van der Waals surface area contributed by atoms with Gasteiger partial charge in [-0.25, -0.2) is 8.42 Å². The van der Waals surface area contributed by atoms with Crippen molar-refractivity contribution in [1.29, 1.82) is 0 Å². The second-order valence-electron chi connectivity index (χ2n) is 6.20. The SMILES string of the molecule is COc1ccc(S(=O)(=O)N(C)[C@@H](C(=O)O)C(C)(C)SCC(C)O)cc1. The van der Waals surface area contributed by atoms with Gasteiger partial charge in [-0.1, -0.05) is 0 Å². The zero-order valence-electron chi connectivity index (χ0n) is 15.0. The van der Waals surface area contributed by atoms with E-state index in [0.717, 1.165) is 4.31 Å². The topological polar surface area (TPSA) is 104 Å². The Bertz CT molecular complexity index is 685. The van der Waals surface area contributed by atoms with Crippen LogP contribution in [0, 0.1) is 0 Å². The lowest BCUT2D eigenvalue weighted by molar-refractivity contribution is -0.142. The fourth-order valence-corrected chi connectivity index (χ4v) is 4.96. The summed E-state index contributed by atoms with van der Waals surface area (Å²) in [7, 11) is -1.29. The first kappa shape index (κ1) is 21.8. The number of benzene rings is 1. The predicted octanol–water partition coefficient (Wildman–Crippen LogP) is 1.66. The van der Waals surface area contributed by atoms with E-state index in [1.54, 1.807) is 20.8 Å². The number of carboxylic acids is 1. The number of carbonyl (C=O) groups is 1. The summed E-state index contributed by atoms with van der Waals surface area (Å²) in [6, 6.07) is 4.45. The first-order chi connectivity index (χ1) is 11.4. The van der Waals surface area contributed by atoms with Gasteiger partial charge >= 0.3 is 5.97 Å². The van der Waals surface area contributed by atoms with Crippen molar-refractivity contribution in [2.45, 2.75) is 42.6 Å². The van der Waals surface area contributed by atoms with Crippen molar-refractivity contribution in [3.05, 3.63) is 24.3 Å². The minimum absolute atomic E-state index is 0.0154. The number of aliphatic hydroxyl groups excluding tert-OH is 1. The van der Waals surface area contributed by atoms with Gasteiger partial charge in [0.2, 0.25) is 10.0 Å². The number of nitrogens with zero attached hydrogens (tertiary/aromatic N) is 1. The van der Waals surface area contributed by atoms with E-state index >= 15 is 0 Å². The van der Waals surface area contributed by atoms with Crippen LogP contribution in [0.15, 0.2) is 29.2 Å². The Morgan fingerprint density at radius 2 is 1.84 bits per heavy atom. The maximum absolute atomic E-state index is 12.8. The molecule has 2 N–H and O–H groups in total. The van der Waals surface area contributed by atoms with Crippen LogP contribution in [0.25, 0.3) is 0 Å². The number of thioether (sulfide) groups is 1. The maximum Gasteiger partial charge on any atom is 0.323 e. The van der Waals surface area contributed by atoms with Crippen LogP contribution in [0.3, 0.4) is 0 Å². The highest BCUT2D eigenvalue weighted by Crippen LogP contribution is 2.34. The van der Waals surface area contributed by atoms with E-state index in [1.807, 2.05) is 0 Å². The van der Waals surface area contributed by atoms with Crippen molar-refractivity contribution in [2.24, 2.45) is 0 Å². The van der Waals surface area contributed by atoms with Crippen LogP contribution in [-0.4, -0.2) is 65.7 Å². The van der Waals surface area contributed by atoms with Gasteiger partial charge in [-0.2, -0.15) is 16.1 Å². The van der Waals surface area contributed by atoms with Crippen LogP contribution in [0.5, 0.6) is 5.75 Å². The average molecular weight is 392 g/mol. The number of rotatable bonds is 9. The summed E-state index contributed by atoms with van der Waals surface area (Å²) in [5.74, 6) is -0.445. The zero-order valence-corrected chi connectivity index (χ0v) is 16.6. The molecule has 9 heteroatoms. The summed E-state index contributed by atoms with van der Waals surface area (Å²) in [5.41, 5.74) is 0. The number of carboxylic acid groups (broad SMARTS) is 1. The van der Waals surface area contributed by atoms with Gasteiger partial charge < -0.3 is 14.9 Å². The van der Waals surface area contributed by atoms with Gasteiger partial charge in [-0.3, -0.25) is 4.79 Å². The largest absolute Gasteiger partial charge is 0.497 e. The minimum Gasteiger partial charge on any atom is -0.497 e. The lowest BCUT2D eigenvalue weighted by Crippen LogP contribution is -2.53. The van der Waals surface area contributed by atoms with Crippen LogP contribution in [0.1, 0.15) is 20.8 Å². The number of aliphatic hydroxyl groups is 1. The lowest BCUT2D eigenvalue weighted by atomic mass is 10.0. The third-order valence-electron chi connectivity index (χ3n) is 3.69. The van der Waals surface area contributed by atoms with Gasteiger partial charge in [0.05, 0.1) is 18.1 Å². The van der Waals surface area contributed by atoms with Crippen LogP contribution in [0.4, 0.5) is 0 Å². The number of methoxy groups -OCH3 is 1. The molecular weight excluding hydrogens is 366 g/mol. The number of ether oxygens (including phenoxy) is 1. The van der Waals surface area contributed by atoms with E-state index in [-0.39, 0.29) is 4.90 Å². The summed E-state index contributed by atoms with van der Waals surface area (Å²) in [4.78, 5) is 11.8. The van der Waals surface area contributed by atoms with Gasteiger partial charge in [-0.15, -0.1) is 0 Å². The first-order valence-corrected chi connectivity index (χ1v) is 10.0. The maximum atomic E-state index is 12.8. The molecule has 0 aliphatic rings. The van der Waals surface area contributed by atoms with Crippen LogP contribution in [0.2, 0.25) is 0 Å². The molecule has 0 radical (unpaired) electrons. The Morgan fingerprint density at radius 3 is 2.24 bits per heavy atom. The molecule has 2 atom stereocenters. The molecule has 0 spiro atoms. The smallest absolute Gasteiger partial charge is 0.323 e. The highest BCUT2D eigenvalue weighted by atomic mass is 32.2. The van der Waals surface area contributed by atoms with E-state index in [1.165, 1.54) is 50.2 Å². The quantitative estimate of drug-likeness (QED) is 0.660. The van der Waals surface area contributed by atoms with E-state index in [9.17, 15) is 23.4 Å². The summed E-state index contributed by atoms with van der Waals surface area (Å²) in [6.45, 7) is 4.90. The molecule has 1 unspecified atom stereocenters. The molecule has 0 saturated heterocycles. The van der Waals surface area contributed by atoms with Crippen LogP contribution >= 0.6 is 11.8 Å². The molecule has 0 fully saturated rings. The molecule has 0 aliphatic carbocycles. The fraction of sp³-hybridized carbons (Fsp3) is 0.562. The molecule has 7 nitrogen and oxygen atoms in total. The van der Waals surface area contributed by atoms with Gasteiger partial charge in [0, 0.05) is 17.5 Å². The van der Waals surface area contributed by atoms with Crippen molar-refractivity contribution in [3.63, 3.8) is 0 Å². The number of hydrogen-bond acceptors (Lipinski definition) is 6. The monoisotopic (exact) mass is 391 g/mol. The third-order valence-corrected chi connectivity index (χ3v) is 7.14. The van der Waals surface area contributed by atoms with E-state index in [4.69, 9.17) is 4.74 Å². The average Bonchev–Trinajstić information content (AvgIpc) is 2.52. The normalized spacial score (nSPS) is 15.0. The lowest BCUT2D eigenvalue weighted by Gasteiger charge is -2.36. The minimum atomic E-state index is -4.01. The van der Waals surface area contributed by atoms with Gasteiger partial charge in [0.15, 0.2) is 0 Å². The van der Waals surface area contributed by atoms with Gasteiger partial charge in [0.1, 0.15) is 11.8 Å². The van der Waals surface area contributed by atoms with E-state index in [0.29, 0.717) is 11.5 Å². The summed E-state index contributed by atoms with van der Waals surface area (Å²) < 4.78 is 30.6. The Kier molecular flexibility index (Phi) is 7.30. The van der Waals surface area contributed by atoms with Crippen LogP contribution in [-0.2, 0) is 14.8 Å². The van der Waals surface area contributed by atoms with E-state index in [2.05, 4.69) is 0 Å². The van der Waals surface area contributed by atoms with Crippen molar-refractivity contribution in [3.8, 4) is 5.75 Å².